The van der Waals surface area contributed by atoms with Gasteiger partial charge in [0.2, 0.25) is 0 Å². The molecule has 16 heavy (non-hydrogen) atoms. The highest BCUT2D eigenvalue weighted by atomic mass is 16.3. The minimum Gasteiger partial charge on any atom is -0.393 e. The third kappa shape index (κ3) is 3.21. The SMILES string of the molecule is CC(CC1CC1)NCC1(C)CCCCC1O. The molecule has 0 spiro atoms. The van der Waals surface area contributed by atoms with Gasteiger partial charge in [-0.25, -0.2) is 0 Å². The van der Waals surface area contributed by atoms with Crippen molar-refractivity contribution in [3.8, 4) is 0 Å². The molecular weight excluding hydrogens is 198 g/mol. The van der Waals surface area contributed by atoms with Gasteiger partial charge in [0.25, 0.3) is 0 Å². The molecule has 94 valence electrons. The van der Waals surface area contributed by atoms with Crippen molar-refractivity contribution in [1.29, 1.82) is 0 Å². The number of hydrogen-bond acceptors (Lipinski definition) is 2. The molecular formula is C14H27NO. The first-order chi connectivity index (χ1) is 7.60. The van der Waals surface area contributed by atoms with Gasteiger partial charge >= 0.3 is 0 Å². The molecule has 0 saturated heterocycles. The van der Waals surface area contributed by atoms with Crippen molar-refractivity contribution in [3.63, 3.8) is 0 Å². The minimum atomic E-state index is -0.0955. The van der Waals surface area contributed by atoms with Crippen LogP contribution in [0.15, 0.2) is 0 Å². The van der Waals surface area contributed by atoms with Crippen LogP contribution in [0.25, 0.3) is 0 Å². The average Bonchev–Trinajstić information content (AvgIpc) is 3.04. The Morgan fingerprint density at radius 1 is 1.31 bits per heavy atom. The third-order valence-electron chi connectivity index (χ3n) is 4.52. The summed E-state index contributed by atoms with van der Waals surface area (Å²) in [5.41, 5.74) is 0.121. The van der Waals surface area contributed by atoms with Crippen molar-refractivity contribution in [3.05, 3.63) is 0 Å². The highest BCUT2D eigenvalue weighted by Crippen LogP contribution is 2.36. The van der Waals surface area contributed by atoms with E-state index in [9.17, 15) is 5.11 Å². The summed E-state index contributed by atoms with van der Waals surface area (Å²) < 4.78 is 0. The monoisotopic (exact) mass is 225 g/mol. The van der Waals surface area contributed by atoms with Crippen LogP contribution in [0.1, 0.15) is 58.8 Å². The second kappa shape index (κ2) is 5.05. The lowest BCUT2D eigenvalue weighted by Gasteiger charge is -2.39. The molecule has 2 aliphatic rings. The van der Waals surface area contributed by atoms with Gasteiger partial charge in [-0.15, -0.1) is 0 Å². The van der Waals surface area contributed by atoms with E-state index < -0.39 is 0 Å². The van der Waals surface area contributed by atoms with Gasteiger partial charge < -0.3 is 10.4 Å². The summed E-state index contributed by atoms with van der Waals surface area (Å²) in [4.78, 5) is 0. The Hall–Kier alpha value is -0.0800. The standard InChI is InChI=1S/C14H27NO/c1-11(9-12-6-7-12)15-10-14(2)8-4-3-5-13(14)16/h11-13,15-16H,3-10H2,1-2H3. The quantitative estimate of drug-likeness (QED) is 0.754. The molecule has 2 aliphatic carbocycles. The van der Waals surface area contributed by atoms with Gasteiger partial charge in [-0.1, -0.05) is 32.6 Å². The molecule has 2 heteroatoms. The number of aliphatic hydroxyl groups is 1. The molecule has 0 aromatic rings. The maximum Gasteiger partial charge on any atom is 0.0605 e. The van der Waals surface area contributed by atoms with Crippen molar-refractivity contribution in [1.82, 2.24) is 5.32 Å². The highest BCUT2D eigenvalue weighted by Gasteiger charge is 2.35. The van der Waals surface area contributed by atoms with Gasteiger partial charge in [0.1, 0.15) is 0 Å². The van der Waals surface area contributed by atoms with Crippen LogP contribution in [0.4, 0.5) is 0 Å². The van der Waals surface area contributed by atoms with Gasteiger partial charge in [0, 0.05) is 18.0 Å². The van der Waals surface area contributed by atoms with Gasteiger partial charge in [-0.05, 0) is 32.1 Å². The van der Waals surface area contributed by atoms with Gasteiger partial charge in [0.05, 0.1) is 6.10 Å². The smallest absolute Gasteiger partial charge is 0.0605 e. The molecule has 0 radical (unpaired) electrons. The number of hydrogen-bond donors (Lipinski definition) is 2. The summed E-state index contributed by atoms with van der Waals surface area (Å²) in [6, 6.07) is 0.624. The highest BCUT2D eigenvalue weighted by molar-refractivity contribution is 4.89. The molecule has 3 unspecified atom stereocenters. The van der Waals surface area contributed by atoms with Crippen molar-refractivity contribution in [2.24, 2.45) is 11.3 Å². The van der Waals surface area contributed by atoms with E-state index in [4.69, 9.17) is 0 Å². The third-order valence-corrected chi connectivity index (χ3v) is 4.52. The fourth-order valence-electron chi connectivity index (χ4n) is 2.93. The largest absolute Gasteiger partial charge is 0.393 e. The lowest BCUT2D eigenvalue weighted by atomic mass is 9.73. The van der Waals surface area contributed by atoms with Crippen molar-refractivity contribution in [2.45, 2.75) is 70.9 Å². The van der Waals surface area contributed by atoms with E-state index >= 15 is 0 Å². The predicted molar refractivity (Wildman–Crippen MR) is 67.4 cm³/mol. The first-order valence-corrected chi connectivity index (χ1v) is 7.01. The van der Waals surface area contributed by atoms with Crippen LogP contribution in [0.3, 0.4) is 0 Å². The Morgan fingerprint density at radius 3 is 2.69 bits per heavy atom. The summed E-state index contributed by atoms with van der Waals surface area (Å²) in [5, 5.41) is 13.7. The predicted octanol–water partition coefficient (Wildman–Crippen LogP) is 2.71. The number of aliphatic hydroxyl groups excluding tert-OH is 1. The van der Waals surface area contributed by atoms with E-state index in [1.807, 2.05) is 0 Å². The van der Waals surface area contributed by atoms with E-state index in [0.29, 0.717) is 6.04 Å². The Balaban J connectivity index is 1.73. The minimum absolute atomic E-state index is 0.0955. The van der Waals surface area contributed by atoms with Gasteiger partial charge in [-0.3, -0.25) is 0 Å². The van der Waals surface area contributed by atoms with E-state index in [0.717, 1.165) is 18.9 Å². The summed E-state index contributed by atoms with van der Waals surface area (Å²) in [6.07, 6.45) is 8.76. The van der Waals surface area contributed by atoms with Gasteiger partial charge in [0.15, 0.2) is 0 Å². The topological polar surface area (TPSA) is 32.3 Å². The molecule has 2 N–H and O–H groups in total. The fraction of sp³-hybridized carbons (Fsp3) is 1.00. The molecule has 2 saturated carbocycles. The first kappa shape index (κ1) is 12.4. The Labute approximate surface area is 99.8 Å². The van der Waals surface area contributed by atoms with Crippen LogP contribution < -0.4 is 5.32 Å². The summed E-state index contributed by atoms with van der Waals surface area (Å²) in [6.45, 7) is 5.52. The van der Waals surface area contributed by atoms with Crippen LogP contribution in [0.2, 0.25) is 0 Å². The van der Waals surface area contributed by atoms with Crippen LogP contribution in [0.5, 0.6) is 0 Å². The molecule has 0 amide bonds. The molecule has 2 fully saturated rings. The van der Waals surface area contributed by atoms with Crippen LogP contribution in [0, 0.1) is 11.3 Å². The van der Waals surface area contributed by atoms with E-state index in [1.165, 1.54) is 38.5 Å². The van der Waals surface area contributed by atoms with Gasteiger partial charge in [-0.2, -0.15) is 0 Å². The Kier molecular flexibility index (Phi) is 3.91. The summed E-state index contributed by atoms with van der Waals surface area (Å²) >= 11 is 0. The Morgan fingerprint density at radius 2 is 2.06 bits per heavy atom. The van der Waals surface area contributed by atoms with Crippen LogP contribution in [-0.4, -0.2) is 23.8 Å². The van der Waals surface area contributed by atoms with Crippen LogP contribution >= 0.6 is 0 Å². The lowest BCUT2D eigenvalue weighted by Crippen LogP contribution is -2.45. The molecule has 0 bridgehead atoms. The first-order valence-electron chi connectivity index (χ1n) is 7.01. The second-order valence-corrected chi connectivity index (χ2v) is 6.38. The Bertz CT molecular complexity index is 227. The maximum absolute atomic E-state index is 10.1. The molecule has 0 heterocycles. The summed E-state index contributed by atoms with van der Waals surface area (Å²) in [7, 11) is 0. The average molecular weight is 225 g/mol. The lowest BCUT2D eigenvalue weighted by molar-refractivity contribution is -0.000174. The zero-order chi connectivity index (χ0) is 11.6. The van der Waals surface area contributed by atoms with E-state index in [-0.39, 0.29) is 11.5 Å². The molecule has 0 aliphatic heterocycles. The zero-order valence-electron chi connectivity index (χ0n) is 10.8. The van der Waals surface area contributed by atoms with Crippen molar-refractivity contribution in [2.75, 3.05) is 6.54 Å². The number of nitrogens with one attached hydrogen (secondary N) is 1. The van der Waals surface area contributed by atoms with E-state index in [1.54, 1.807) is 0 Å². The molecule has 2 nitrogen and oxygen atoms in total. The second-order valence-electron chi connectivity index (χ2n) is 6.38. The van der Waals surface area contributed by atoms with Crippen molar-refractivity contribution >= 4 is 0 Å². The molecule has 0 aromatic heterocycles. The zero-order valence-corrected chi connectivity index (χ0v) is 10.8. The molecule has 3 atom stereocenters. The van der Waals surface area contributed by atoms with Crippen molar-refractivity contribution < 1.29 is 5.11 Å². The summed E-state index contributed by atoms with van der Waals surface area (Å²) in [5.74, 6) is 0.992. The number of rotatable bonds is 5. The molecule has 0 aromatic carbocycles. The normalized spacial score (nSPS) is 37.3. The molecule has 2 rings (SSSR count). The fourth-order valence-corrected chi connectivity index (χ4v) is 2.93. The maximum atomic E-state index is 10.1. The van der Waals surface area contributed by atoms with Crippen LogP contribution in [-0.2, 0) is 0 Å². The van der Waals surface area contributed by atoms with E-state index in [2.05, 4.69) is 19.2 Å².